The van der Waals surface area contributed by atoms with Crippen LogP contribution in [-0.4, -0.2) is 21.9 Å². The van der Waals surface area contributed by atoms with Crippen molar-refractivity contribution in [2.45, 2.75) is 13.3 Å². The Kier molecular flexibility index (Phi) is 2.85. The number of hydrogen-bond donors (Lipinski definition) is 1. The van der Waals surface area contributed by atoms with E-state index in [0.717, 1.165) is 18.7 Å². The van der Waals surface area contributed by atoms with E-state index < -0.39 is 0 Å². The Morgan fingerprint density at radius 3 is 3.00 bits per heavy atom. The van der Waals surface area contributed by atoms with Crippen LogP contribution in [0.25, 0.3) is 0 Å². The maximum absolute atomic E-state index is 5.39. The number of amidine groups is 1. The number of aliphatic imine (C=N–C) groups is 1. The summed E-state index contributed by atoms with van der Waals surface area (Å²) < 4.78 is 1.92. The molecule has 0 amide bonds. The number of aryl methyl sites for hydroxylation is 1. The highest BCUT2D eigenvalue weighted by atomic mass is 15.0. The molecule has 66 valence electrons. The molecule has 4 nitrogen and oxygen atoms in total. The van der Waals surface area contributed by atoms with Crippen molar-refractivity contribution in [3.05, 3.63) is 18.2 Å². The molecule has 0 bridgehead atoms. The second kappa shape index (κ2) is 3.90. The van der Waals surface area contributed by atoms with Gasteiger partial charge >= 0.3 is 0 Å². The molecular formula is C8H14N4. The second-order valence-electron chi connectivity index (χ2n) is 2.80. The SMILES string of the molecule is CC(N)=NCCc1cn(C)cn1. The molecule has 0 saturated heterocycles. The quantitative estimate of drug-likeness (QED) is 0.520. The summed E-state index contributed by atoms with van der Waals surface area (Å²) in [5.74, 6) is 0.630. The van der Waals surface area contributed by atoms with Crippen LogP contribution in [0.2, 0.25) is 0 Å². The Hall–Kier alpha value is -1.32. The molecule has 4 heteroatoms. The van der Waals surface area contributed by atoms with E-state index in [2.05, 4.69) is 9.98 Å². The molecular weight excluding hydrogens is 152 g/mol. The van der Waals surface area contributed by atoms with Gasteiger partial charge in [0.25, 0.3) is 0 Å². The Balaban J connectivity index is 2.38. The summed E-state index contributed by atoms with van der Waals surface area (Å²) in [6.45, 7) is 2.51. The number of nitrogens with two attached hydrogens (primary N) is 1. The third-order valence-electron chi connectivity index (χ3n) is 1.49. The largest absolute Gasteiger partial charge is 0.388 e. The predicted molar refractivity (Wildman–Crippen MR) is 49.1 cm³/mol. The Labute approximate surface area is 72.1 Å². The van der Waals surface area contributed by atoms with Gasteiger partial charge in [0.05, 0.1) is 17.9 Å². The fourth-order valence-electron chi connectivity index (χ4n) is 0.943. The molecule has 0 aliphatic heterocycles. The van der Waals surface area contributed by atoms with Crippen LogP contribution in [0.15, 0.2) is 17.5 Å². The smallest absolute Gasteiger partial charge is 0.0946 e. The van der Waals surface area contributed by atoms with E-state index in [0.29, 0.717) is 5.84 Å². The van der Waals surface area contributed by atoms with Crippen molar-refractivity contribution < 1.29 is 0 Å². The van der Waals surface area contributed by atoms with E-state index in [1.54, 1.807) is 13.3 Å². The van der Waals surface area contributed by atoms with Crippen LogP contribution in [0.4, 0.5) is 0 Å². The number of aromatic nitrogens is 2. The lowest BCUT2D eigenvalue weighted by molar-refractivity contribution is 0.906. The first-order chi connectivity index (χ1) is 5.68. The molecule has 0 atom stereocenters. The summed E-state index contributed by atoms with van der Waals surface area (Å²) in [7, 11) is 1.95. The topological polar surface area (TPSA) is 56.2 Å². The first kappa shape index (κ1) is 8.77. The first-order valence-electron chi connectivity index (χ1n) is 3.92. The minimum atomic E-state index is 0.630. The highest BCUT2D eigenvalue weighted by Crippen LogP contribution is 1.95. The van der Waals surface area contributed by atoms with E-state index in [1.165, 1.54) is 0 Å². The Bertz CT molecular complexity index is 270. The van der Waals surface area contributed by atoms with Crippen LogP contribution >= 0.6 is 0 Å². The first-order valence-corrected chi connectivity index (χ1v) is 3.92. The molecule has 2 N–H and O–H groups in total. The lowest BCUT2D eigenvalue weighted by Crippen LogP contribution is -2.06. The van der Waals surface area contributed by atoms with Crippen LogP contribution in [0.1, 0.15) is 12.6 Å². The minimum Gasteiger partial charge on any atom is -0.388 e. The van der Waals surface area contributed by atoms with Gasteiger partial charge < -0.3 is 10.3 Å². The summed E-state index contributed by atoms with van der Waals surface area (Å²) >= 11 is 0. The van der Waals surface area contributed by atoms with Crippen molar-refractivity contribution >= 4 is 5.84 Å². The molecule has 0 aromatic carbocycles. The van der Waals surface area contributed by atoms with Crippen molar-refractivity contribution in [3.8, 4) is 0 Å². The molecule has 0 aliphatic carbocycles. The van der Waals surface area contributed by atoms with Crippen LogP contribution in [0.3, 0.4) is 0 Å². The zero-order chi connectivity index (χ0) is 8.97. The molecule has 1 aromatic heterocycles. The van der Waals surface area contributed by atoms with Crippen molar-refractivity contribution in [1.29, 1.82) is 0 Å². The maximum Gasteiger partial charge on any atom is 0.0946 e. The fourth-order valence-corrected chi connectivity index (χ4v) is 0.943. The van der Waals surface area contributed by atoms with Gasteiger partial charge in [-0.1, -0.05) is 0 Å². The van der Waals surface area contributed by atoms with E-state index in [-0.39, 0.29) is 0 Å². The van der Waals surface area contributed by atoms with E-state index in [9.17, 15) is 0 Å². The summed E-state index contributed by atoms with van der Waals surface area (Å²) in [6, 6.07) is 0. The molecule has 0 radical (unpaired) electrons. The molecule has 1 aromatic rings. The van der Waals surface area contributed by atoms with E-state index in [1.807, 2.05) is 17.8 Å². The van der Waals surface area contributed by atoms with Gasteiger partial charge in [-0.25, -0.2) is 4.98 Å². The third kappa shape index (κ3) is 2.74. The fraction of sp³-hybridized carbons (Fsp3) is 0.500. The van der Waals surface area contributed by atoms with Crippen LogP contribution < -0.4 is 5.73 Å². The van der Waals surface area contributed by atoms with Crippen molar-refractivity contribution in [2.75, 3.05) is 6.54 Å². The number of imidazole rings is 1. The lowest BCUT2D eigenvalue weighted by Gasteiger charge is -1.92. The number of nitrogens with zero attached hydrogens (tertiary/aromatic N) is 3. The summed E-state index contributed by atoms with van der Waals surface area (Å²) in [6.07, 6.45) is 4.63. The Morgan fingerprint density at radius 2 is 2.50 bits per heavy atom. The number of hydrogen-bond acceptors (Lipinski definition) is 2. The van der Waals surface area contributed by atoms with E-state index in [4.69, 9.17) is 5.73 Å². The maximum atomic E-state index is 5.39. The average molecular weight is 166 g/mol. The standard InChI is InChI=1S/C8H14N4/c1-7(9)10-4-3-8-5-12(2)6-11-8/h5-6H,3-4H2,1-2H3,(H2,9,10). The van der Waals surface area contributed by atoms with Gasteiger partial charge in [0.15, 0.2) is 0 Å². The second-order valence-corrected chi connectivity index (χ2v) is 2.80. The zero-order valence-electron chi connectivity index (χ0n) is 7.49. The molecule has 1 heterocycles. The van der Waals surface area contributed by atoms with Crippen molar-refractivity contribution in [3.63, 3.8) is 0 Å². The van der Waals surface area contributed by atoms with Gasteiger partial charge in [0, 0.05) is 26.2 Å². The third-order valence-corrected chi connectivity index (χ3v) is 1.49. The highest BCUT2D eigenvalue weighted by Gasteiger charge is 1.94. The monoisotopic (exact) mass is 166 g/mol. The van der Waals surface area contributed by atoms with Gasteiger partial charge in [-0.15, -0.1) is 0 Å². The van der Waals surface area contributed by atoms with Gasteiger partial charge in [0.2, 0.25) is 0 Å². The summed E-state index contributed by atoms with van der Waals surface area (Å²) in [4.78, 5) is 8.24. The molecule has 0 aliphatic rings. The van der Waals surface area contributed by atoms with Crippen LogP contribution in [0, 0.1) is 0 Å². The van der Waals surface area contributed by atoms with Crippen LogP contribution in [0.5, 0.6) is 0 Å². The molecule has 0 saturated carbocycles. The zero-order valence-corrected chi connectivity index (χ0v) is 7.49. The summed E-state index contributed by atoms with van der Waals surface area (Å²) in [5, 5.41) is 0. The number of rotatable bonds is 3. The lowest BCUT2D eigenvalue weighted by atomic mass is 10.3. The normalized spacial score (nSPS) is 12.0. The van der Waals surface area contributed by atoms with Gasteiger partial charge in [0.1, 0.15) is 0 Å². The van der Waals surface area contributed by atoms with Gasteiger partial charge in [-0.3, -0.25) is 4.99 Å². The van der Waals surface area contributed by atoms with Gasteiger partial charge in [-0.2, -0.15) is 0 Å². The molecule has 0 fully saturated rings. The highest BCUT2D eigenvalue weighted by molar-refractivity contribution is 5.77. The predicted octanol–water partition coefficient (Wildman–Crippen LogP) is 0.340. The van der Waals surface area contributed by atoms with E-state index >= 15 is 0 Å². The molecule has 1 rings (SSSR count). The molecule has 12 heavy (non-hydrogen) atoms. The Morgan fingerprint density at radius 1 is 1.75 bits per heavy atom. The molecule has 0 spiro atoms. The molecule has 0 unspecified atom stereocenters. The van der Waals surface area contributed by atoms with Crippen molar-refractivity contribution in [2.24, 2.45) is 17.8 Å². The van der Waals surface area contributed by atoms with Crippen molar-refractivity contribution in [1.82, 2.24) is 9.55 Å². The van der Waals surface area contributed by atoms with Gasteiger partial charge in [-0.05, 0) is 6.92 Å². The van der Waals surface area contributed by atoms with Crippen LogP contribution in [-0.2, 0) is 13.5 Å². The average Bonchev–Trinajstić information content (AvgIpc) is 2.35. The summed E-state index contributed by atoms with van der Waals surface area (Å²) in [5.41, 5.74) is 6.44. The minimum absolute atomic E-state index is 0.630.